The van der Waals surface area contributed by atoms with Gasteiger partial charge < -0.3 is 10.2 Å². The van der Waals surface area contributed by atoms with Gasteiger partial charge in [-0.15, -0.1) is 0 Å². The molecule has 0 aromatic heterocycles. The summed E-state index contributed by atoms with van der Waals surface area (Å²) in [5.74, 6) is 1.67. The monoisotopic (exact) mass is 355 g/mol. The summed E-state index contributed by atoms with van der Waals surface area (Å²) < 4.78 is 0. The van der Waals surface area contributed by atoms with Crippen molar-refractivity contribution in [1.82, 2.24) is 15.1 Å². The van der Waals surface area contributed by atoms with E-state index in [-0.39, 0.29) is 11.9 Å². The second-order valence-corrected chi connectivity index (χ2v) is 8.80. The Balaban J connectivity index is 1.33. The predicted octanol–water partition coefficient (Wildman–Crippen LogP) is 2.54. The Bertz CT molecular complexity index is 613. The van der Waals surface area contributed by atoms with Gasteiger partial charge in [0, 0.05) is 38.3 Å². The summed E-state index contributed by atoms with van der Waals surface area (Å²) >= 11 is 0. The second-order valence-electron chi connectivity index (χ2n) is 8.80. The molecule has 3 fully saturated rings. The van der Waals surface area contributed by atoms with Crippen LogP contribution in [0.2, 0.25) is 0 Å². The fourth-order valence-electron chi connectivity index (χ4n) is 4.93. The Hall–Kier alpha value is -1.39. The van der Waals surface area contributed by atoms with Crippen LogP contribution < -0.4 is 5.32 Å². The van der Waals surface area contributed by atoms with E-state index in [2.05, 4.69) is 59.3 Å². The van der Waals surface area contributed by atoms with E-state index in [0.29, 0.717) is 18.0 Å². The predicted molar refractivity (Wildman–Crippen MR) is 105 cm³/mol. The summed E-state index contributed by atoms with van der Waals surface area (Å²) in [5.41, 5.74) is 1.42. The largest absolute Gasteiger partial charge is 0.354 e. The van der Waals surface area contributed by atoms with Gasteiger partial charge in [0.2, 0.25) is 5.91 Å². The molecule has 1 aromatic rings. The van der Waals surface area contributed by atoms with Crippen molar-refractivity contribution in [3.05, 3.63) is 35.9 Å². The van der Waals surface area contributed by atoms with Gasteiger partial charge in [0.25, 0.3) is 0 Å². The average molecular weight is 356 g/mol. The minimum atomic E-state index is 0.0834. The minimum Gasteiger partial charge on any atom is -0.354 e. The molecule has 26 heavy (non-hydrogen) atoms. The van der Waals surface area contributed by atoms with Crippen molar-refractivity contribution in [2.75, 3.05) is 26.2 Å². The van der Waals surface area contributed by atoms with E-state index in [1.807, 2.05) is 0 Å². The lowest BCUT2D eigenvalue weighted by molar-refractivity contribution is -0.126. The first-order chi connectivity index (χ1) is 12.6. The van der Waals surface area contributed by atoms with Gasteiger partial charge in [0.15, 0.2) is 0 Å². The second kappa shape index (κ2) is 7.69. The number of likely N-dealkylation sites (tertiary alicyclic amines) is 2. The molecule has 1 aliphatic carbocycles. The molecule has 1 N–H and O–H groups in total. The number of nitrogens with zero attached hydrogens (tertiary/aromatic N) is 2. The van der Waals surface area contributed by atoms with E-state index < -0.39 is 0 Å². The quantitative estimate of drug-likeness (QED) is 0.816. The number of carbonyl (C=O) groups is 1. The van der Waals surface area contributed by atoms with Crippen molar-refractivity contribution in [1.29, 1.82) is 0 Å². The van der Waals surface area contributed by atoms with E-state index in [4.69, 9.17) is 0 Å². The third-order valence-corrected chi connectivity index (χ3v) is 6.47. The van der Waals surface area contributed by atoms with E-state index in [9.17, 15) is 4.79 Å². The molecular weight excluding hydrogens is 322 g/mol. The number of fused-ring (bicyclic) bond motifs is 1. The van der Waals surface area contributed by atoms with Crippen LogP contribution in [-0.2, 0) is 11.2 Å². The molecule has 2 saturated heterocycles. The summed E-state index contributed by atoms with van der Waals surface area (Å²) in [6, 6.07) is 11.8. The van der Waals surface area contributed by atoms with Crippen LogP contribution >= 0.6 is 0 Å². The molecule has 2 aliphatic heterocycles. The number of carbonyl (C=O) groups excluding carboxylic acids is 1. The zero-order valence-electron chi connectivity index (χ0n) is 16.2. The highest BCUT2D eigenvalue weighted by Crippen LogP contribution is 2.37. The number of rotatable bonds is 7. The van der Waals surface area contributed by atoms with Gasteiger partial charge in [0.1, 0.15) is 0 Å². The molecule has 2 heterocycles. The smallest absolute Gasteiger partial charge is 0.237 e. The summed E-state index contributed by atoms with van der Waals surface area (Å²) in [7, 11) is 0. The van der Waals surface area contributed by atoms with E-state index >= 15 is 0 Å². The molecule has 0 spiro atoms. The molecule has 1 aromatic carbocycles. The number of nitrogens with one attached hydrogen (secondary N) is 1. The molecule has 0 bridgehead atoms. The molecule has 4 heteroatoms. The van der Waals surface area contributed by atoms with Crippen molar-refractivity contribution in [3.63, 3.8) is 0 Å². The SMILES string of the molecule is CC(C)N1[C@@H]2CN(CCc3ccccc3)C[C@@H]2C[C@H]1C(=O)NCC1CC1. The molecule has 1 saturated carbocycles. The molecule has 1 amide bonds. The summed E-state index contributed by atoms with van der Waals surface area (Å²) in [4.78, 5) is 17.9. The van der Waals surface area contributed by atoms with Crippen molar-refractivity contribution >= 4 is 5.91 Å². The average Bonchev–Trinajstić information content (AvgIpc) is 3.27. The fraction of sp³-hybridized carbons (Fsp3) is 0.682. The van der Waals surface area contributed by atoms with Crippen LogP contribution in [0.15, 0.2) is 30.3 Å². The van der Waals surface area contributed by atoms with Crippen LogP contribution in [0.1, 0.15) is 38.7 Å². The van der Waals surface area contributed by atoms with Crippen LogP contribution in [-0.4, -0.2) is 60.0 Å². The van der Waals surface area contributed by atoms with Gasteiger partial charge in [-0.1, -0.05) is 30.3 Å². The minimum absolute atomic E-state index is 0.0834. The maximum Gasteiger partial charge on any atom is 0.237 e. The number of amides is 1. The topological polar surface area (TPSA) is 35.6 Å². The normalized spacial score (nSPS) is 29.3. The molecular formula is C22H33N3O. The molecule has 4 nitrogen and oxygen atoms in total. The molecule has 3 aliphatic rings. The first-order valence-electron chi connectivity index (χ1n) is 10.4. The molecule has 3 atom stereocenters. The van der Waals surface area contributed by atoms with E-state index in [1.165, 1.54) is 18.4 Å². The van der Waals surface area contributed by atoms with Gasteiger partial charge >= 0.3 is 0 Å². The Kier molecular flexibility index (Phi) is 5.32. The lowest BCUT2D eigenvalue weighted by Crippen LogP contribution is -2.51. The first kappa shape index (κ1) is 18.0. The Morgan fingerprint density at radius 3 is 2.65 bits per heavy atom. The number of hydrogen-bond donors (Lipinski definition) is 1. The van der Waals surface area contributed by atoms with E-state index in [0.717, 1.165) is 44.9 Å². The Labute approximate surface area is 157 Å². The van der Waals surface area contributed by atoms with Gasteiger partial charge in [0.05, 0.1) is 6.04 Å². The van der Waals surface area contributed by atoms with Crippen molar-refractivity contribution in [2.45, 2.75) is 57.7 Å². The summed E-state index contributed by atoms with van der Waals surface area (Å²) in [5, 5.41) is 3.22. The molecule has 0 radical (unpaired) electrons. The lowest BCUT2D eigenvalue weighted by atomic mass is 10.0. The summed E-state index contributed by atoms with van der Waals surface area (Å²) in [6.45, 7) is 8.77. The Morgan fingerprint density at radius 1 is 1.19 bits per heavy atom. The highest BCUT2D eigenvalue weighted by Gasteiger charge is 2.49. The van der Waals surface area contributed by atoms with Gasteiger partial charge in [-0.25, -0.2) is 0 Å². The zero-order valence-corrected chi connectivity index (χ0v) is 16.2. The summed E-state index contributed by atoms with van der Waals surface area (Å²) in [6.07, 6.45) is 4.73. The molecule has 4 rings (SSSR count). The standard InChI is InChI=1S/C22H33N3O/c1-16(2)25-20(22(26)23-13-18-8-9-18)12-19-14-24(15-21(19)25)11-10-17-6-4-3-5-7-17/h3-7,16,18-21H,8-15H2,1-2H3,(H,23,26)/t19-,20-,21+/m0/s1. The van der Waals surface area contributed by atoms with Crippen LogP contribution in [0.5, 0.6) is 0 Å². The van der Waals surface area contributed by atoms with Crippen LogP contribution in [0.4, 0.5) is 0 Å². The highest BCUT2D eigenvalue weighted by atomic mass is 16.2. The maximum atomic E-state index is 12.7. The molecule has 142 valence electrons. The maximum absolute atomic E-state index is 12.7. The highest BCUT2D eigenvalue weighted by molar-refractivity contribution is 5.82. The van der Waals surface area contributed by atoms with Gasteiger partial charge in [-0.3, -0.25) is 9.69 Å². The van der Waals surface area contributed by atoms with Crippen molar-refractivity contribution in [2.24, 2.45) is 11.8 Å². The van der Waals surface area contributed by atoms with Gasteiger partial charge in [-0.05, 0) is 56.9 Å². The van der Waals surface area contributed by atoms with Crippen molar-refractivity contribution in [3.8, 4) is 0 Å². The first-order valence-corrected chi connectivity index (χ1v) is 10.4. The number of hydrogen-bond acceptors (Lipinski definition) is 3. The lowest BCUT2D eigenvalue weighted by Gasteiger charge is -2.33. The third kappa shape index (κ3) is 3.96. The number of benzene rings is 1. The zero-order chi connectivity index (χ0) is 18.1. The fourth-order valence-corrected chi connectivity index (χ4v) is 4.93. The van der Waals surface area contributed by atoms with Crippen molar-refractivity contribution < 1.29 is 4.79 Å². The van der Waals surface area contributed by atoms with Crippen LogP contribution in [0.3, 0.4) is 0 Å². The third-order valence-electron chi connectivity index (χ3n) is 6.47. The van der Waals surface area contributed by atoms with Crippen LogP contribution in [0, 0.1) is 11.8 Å². The Morgan fingerprint density at radius 2 is 1.96 bits per heavy atom. The van der Waals surface area contributed by atoms with Gasteiger partial charge in [-0.2, -0.15) is 0 Å². The van der Waals surface area contributed by atoms with Crippen LogP contribution in [0.25, 0.3) is 0 Å². The molecule has 0 unspecified atom stereocenters. The van der Waals surface area contributed by atoms with E-state index in [1.54, 1.807) is 0 Å².